The SMILES string of the molecule is CCCCCC/C=C/CCCCCCCC(=O)N[C@@H](CO[C@H]1O[C@@H](CO)[C@H](O)C(O)C1O)[C@H](O)CCCC/C=C/CCCCCCCCC. The molecular weight excluding hydrogens is 622 g/mol. The standard InChI is InChI=1S/C40H75NO8/c1-3-5-7-9-11-13-15-17-19-21-23-25-27-29-34(43)33(32-48-40-39(47)38(46)37(45)35(31-42)49-40)41-36(44)30-28-26-24-22-20-18-16-14-12-10-8-6-4-2/h14,16,19,21,33-35,37-40,42-43,45-47H,3-13,15,17-18,20,22-32H2,1-2H3,(H,41,44)/b16-14+,21-19+/t33-,34+,35-,37-,38?,39?,40-/m0/s1. The van der Waals surface area contributed by atoms with Crippen LogP contribution in [0.4, 0.5) is 0 Å². The van der Waals surface area contributed by atoms with Crippen LogP contribution in [0.3, 0.4) is 0 Å². The number of unbranched alkanes of at least 4 members (excludes halogenated alkanes) is 18. The summed E-state index contributed by atoms with van der Waals surface area (Å²) in [6.07, 6.45) is 27.5. The summed E-state index contributed by atoms with van der Waals surface area (Å²) in [7, 11) is 0. The highest BCUT2D eigenvalue weighted by Crippen LogP contribution is 2.23. The van der Waals surface area contributed by atoms with Gasteiger partial charge in [0.15, 0.2) is 6.29 Å². The Labute approximate surface area is 298 Å². The van der Waals surface area contributed by atoms with E-state index in [1.807, 2.05) is 0 Å². The van der Waals surface area contributed by atoms with Gasteiger partial charge in [-0.25, -0.2) is 0 Å². The lowest BCUT2D eigenvalue weighted by atomic mass is 9.99. The Kier molecular flexibility index (Phi) is 29.3. The number of aliphatic hydroxyl groups excluding tert-OH is 5. The third-order valence-corrected chi connectivity index (χ3v) is 9.53. The quantitative estimate of drug-likeness (QED) is 0.0320. The lowest BCUT2D eigenvalue weighted by Crippen LogP contribution is -2.60. The molecule has 7 atom stereocenters. The molecule has 0 aromatic heterocycles. The second-order valence-corrected chi connectivity index (χ2v) is 14.1. The zero-order valence-electron chi connectivity index (χ0n) is 31.2. The second kappa shape index (κ2) is 31.4. The van der Waals surface area contributed by atoms with Gasteiger partial charge in [0, 0.05) is 6.42 Å². The van der Waals surface area contributed by atoms with Gasteiger partial charge < -0.3 is 40.3 Å². The maximum absolute atomic E-state index is 12.9. The van der Waals surface area contributed by atoms with E-state index in [1.54, 1.807) is 0 Å². The molecule has 0 radical (unpaired) electrons. The fourth-order valence-corrected chi connectivity index (χ4v) is 6.21. The number of rotatable bonds is 32. The van der Waals surface area contributed by atoms with E-state index in [9.17, 15) is 30.3 Å². The molecule has 1 rings (SSSR count). The van der Waals surface area contributed by atoms with Crippen LogP contribution >= 0.6 is 0 Å². The highest BCUT2D eigenvalue weighted by molar-refractivity contribution is 5.76. The van der Waals surface area contributed by atoms with Gasteiger partial charge in [0.05, 0.1) is 25.4 Å². The van der Waals surface area contributed by atoms with Gasteiger partial charge in [-0.1, -0.05) is 122 Å². The molecule has 49 heavy (non-hydrogen) atoms. The summed E-state index contributed by atoms with van der Waals surface area (Å²) in [6.45, 7) is 3.76. The van der Waals surface area contributed by atoms with Crippen molar-refractivity contribution in [2.45, 2.75) is 211 Å². The molecule has 0 spiro atoms. The molecule has 0 aliphatic carbocycles. The molecular formula is C40H75NO8. The summed E-state index contributed by atoms with van der Waals surface area (Å²) < 4.78 is 11.2. The van der Waals surface area contributed by atoms with Crippen LogP contribution in [0.5, 0.6) is 0 Å². The third kappa shape index (κ3) is 23.0. The predicted molar refractivity (Wildman–Crippen MR) is 198 cm³/mol. The van der Waals surface area contributed by atoms with E-state index in [0.717, 1.165) is 64.2 Å². The van der Waals surface area contributed by atoms with Gasteiger partial charge in [0.1, 0.15) is 24.4 Å². The molecule has 1 amide bonds. The van der Waals surface area contributed by atoms with E-state index in [0.29, 0.717) is 12.8 Å². The van der Waals surface area contributed by atoms with Crippen LogP contribution in [-0.4, -0.2) is 87.5 Å². The van der Waals surface area contributed by atoms with Gasteiger partial charge >= 0.3 is 0 Å². The number of carbonyl (C=O) groups excluding carboxylic acids is 1. The molecule has 6 N–H and O–H groups in total. The number of amides is 1. The first-order valence-electron chi connectivity index (χ1n) is 20.0. The molecule has 9 heteroatoms. The van der Waals surface area contributed by atoms with Crippen molar-refractivity contribution in [2.75, 3.05) is 13.2 Å². The molecule has 9 nitrogen and oxygen atoms in total. The van der Waals surface area contributed by atoms with Crippen LogP contribution in [0.15, 0.2) is 24.3 Å². The fraction of sp³-hybridized carbons (Fsp3) is 0.875. The number of hydrogen-bond acceptors (Lipinski definition) is 8. The topological polar surface area (TPSA) is 149 Å². The van der Waals surface area contributed by atoms with Crippen molar-refractivity contribution < 1.29 is 39.8 Å². The minimum Gasteiger partial charge on any atom is -0.394 e. The summed E-state index contributed by atoms with van der Waals surface area (Å²) in [5.74, 6) is -0.166. The molecule has 1 aliphatic heterocycles. The summed E-state index contributed by atoms with van der Waals surface area (Å²) >= 11 is 0. The Hall–Kier alpha value is -1.33. The van der Waals surface area contributed by atoms with Crippen molar-refractivity contribution in [3.8, 4) is 0 Å². The molecule has 0 bridgehead atoms. The molecule has 288 valence electrons. The van der Waals surface area contributed by atoms with Gasteiger partial charge in [0.2, 0.25) is 5.91 Å². The Balaban J connectivity index is 2.44. The number of carbonyl (C=O) groups is 1. The number of allylic oxidation sites excluding steroid dienone is 4. The van der Waals surface area contributed by atoms with Crippen molar-refractivity contribution >= 4 is 5.91 Å². The summed E-state index contributed by atoms with van der Waals surface area (Å²) in [6, 6.07) is -0.735. The van der Waals surface area contributed by atoms with Gasteiger partial charge in [0.25, 0.3) is 0 Å². The van der Waals surface area contributed by atoms with Gasteiger partial charge in [-0.05, 0) is 64.2 Å². The average molecular weight is 698 g/mol. The van der Waals surface area contributed by atoms with E-state index in [4.69, 9.17) is 9.47 Å². The number of nitrogens with one attached hydrogen (secondary N) is 1. The van der Waals surface area contributed by atoms with Crippen LogP contribution < -0.4 is 5.32 Å². The minimum atomic E-state index is -1.56. The first-order valence-corrected chi connectivity index (χ1v) is 20.0. The van der Waals surface area contributed by atoms with Crippen LogP contribution in [0.2, 0.25) is 0 Å². The number of hydrogen-bond donors (Lipinski definition) is 6. The van der Waals surface area contributed by atoms with Gasteiger partial charge in [-0.2, -0.15) is 0 Å². The average Bonchev–Trinajstić information content (AvgIpc) is 3.10. The van der Waals surface area contributed by atoms with E-state index in [1.165, 1.54) is 77.0 Å². The summed E-state index contributed by atoms with van der Waals surface area (Å²) in [4.78, 5) is 12.9. The van der Waals surface area contributed by atoms with E-state index in [-0.39, 0.29) is 12.5 Å². The van der Waals surface area contributed by atoms with Crippen LogP contribution in [-0.2, 0) is 14.3 Å². The highest BCUT2D eigenvalue weighted by Gasteiger charge is 2.44. The van der Waals surface area contributed by atoms with Crippen LogP contribution in [0.1, 0.15) is 168 Å². The number of aliphatic hydroxyl groups is 5. The molecule has 0 saturated carbocycles. The van der Waals surface area contributed by atoms with Crippen LogP contribution in [0.25, 0.3) is 0 Å². The van der Waals surface area contributed by atoms with Crippen molar-refractivity contribution in [2.24, 2.45) is 0 Å². The normalized spacial score (nSPS) is 22.6. The first kappa shape index (κ1) is 45.7. The molecule has 0 aromatic carbocycles. The van der Waals surface area contributed by atoms with Gasteiger partial charge in [-0.3, -0.25) is 4.79 Å². The smallest absolute Gasteiger partial charge is 0.220 e. The van der Waals surface area contributed by atoms with E-state index in [2.05, 4.69) is 43.5 Å². The number of ether oxygens (including phenoxy) is 2. The largest absolute Gasteiger partial charge is 0.394 e. The van der Waals surface area contributed by atoms with E-state index >= 15 is 0 Å². The molecule has 1 heterocycles. The van der Waals surface area contributed by atoms with E-state index < -0.39 is 49.5 Å². The zero-order valence-corrected chi connectivity index (χ0v) is 31.2. The van der Waals surface area contributed by atoms with Crippen molar-refractivity contribution in [3.05, 3.63) is 24.3 Å². The molecule has 2 unspecified atom stereocenters. The van der Waals surface area contributed by atoms with Crippen molar-refractivity contribution in [3.63, 3.8) is 0 Å². The van der Waals surface area contributed by atoms with Crippen molar-refractivity contribution in [1.29, 1.82) is 0 Å². The summed E-state index contributed by atoms with van der Waals surface area (Å²) in [5, 5.41) is 54.0. The minimum absolute atomic E-state index is 0.153. The Morgan fingerprint density at radius 2 is 1.14 bits per heavy atom. The zero-order chi connectivity index (χ0) is 36.0. The van der Waals surface area contributed by atoms with Crippen molar-refractivity contribution in [1.82, 2.24) is 5.32 Å². The van der Waals surface area contributed by atoms with Crippen LogP contribution in [0, 0.1) is 0 Å². The fourth-order valence-electron chi connectivity index (χ4n) is 6.21. The summed E-state index contributed by atoms with van der Waals surface area (Å²) in [5.41, 5.74) is 0. The Morgan fingerprint density at radius 3 is 1.67 bits per heavy atom. The molecule has 1 fully saturated rings. The van der Waals surface area contributed by atoms with Gasteiger partial charge in [-0.15, -0.1) is 0 Å². The Bertz CT molecular complexity index is 822. The first-order chi connectivity index (χ1) is 23.8. The molecule has 1 aliphatic rings. The third-order valence-electron chi connectivity index (χ3n) is 9.53. The second-order valence-electron chi connectivity index (χ2n) is 14.1. The highest BCUT2D eigenvalue weighted by atomic mass is 16.7. The molecule has 1 saturated heterocycles. The Morgan fingerprint density at radius 1 is 0.673 bits per heavy atom. The molecule has 0 aromatic rings. The maximum atomic E-state index is 12.9. The maximum Gasteiger partial charge on any atom is 0.220 e. The predicted octanol–water partition coefficient (Wildman–Crippen LogP) is 7.16. The lowest BCUT2D eigenvalue weighted by molar-refractivity contribution is -0.302. The monoisotopic (exact) mass is 698 g/mol. The lowest BCUT2D eigenvalue weighted by Gasteiger charge is -2.40.